The van der Waals surface area contributed by atoms with E-state index in [1.54, 1.807) is 12.4 Å². The fraction of sp³-hybridized carbons (Fsp3) is 0.118. The number of halogens is 1. The molecule has 0 aliphatic carbocycles. The van der Waals surface area contributed by atoms with Crippen molar-refractivity contribution in [1.82, 2.24) is 9.97 Å². The van der Waals surface area contributed by atoms with Crippen molar-refractivity contribution in [2.24, 2.45) is 0 Å². The minimum atomic E-state index is 0.578. The molecule has 1 aromatic carbocycles. The zero-order valence-corrected chi connectivity index (χ0v) is 13.2. The van der Waals surface area contributed by atoms with Gasteiger partial charge in [0.25, 0.3) is 0 Å². The quantitative estimate of drug-likeness (QED) is 0.655. The average Bonchev–Trinajstić information content (AvgIpc) is 2.99. The van der Waals surface area contributed by atoms with Crippen molar-refractivity contribution >= 4 is 44.6 Å². The Labute approximate surface area is 135 Å². The molecule has 0 unspecified atom stereocenters. The third-order valence-corrected chi connectivity index (χ3v) is 4.71. The summed E-state index contributed by atoms with van der Waals surface area (Å²) in [6.45, 7) is 0.876. The Hall–Kier alpha value is -2.27. The molecule has 3 aromatic rings. The second-order valence-corrected chi connectivity index (χ2v) is 6.09. The predicted molar refractivity (Wildman–Crippen MR) is 89.8 cm³/mol. The van der Waals surface area contributed by atoms with Crippen molar-refractivity contribution in [3.63, 3.8) is 0 Å². The summed E-state index contributed by atoms with van der Waals surface area (Å²) in [5, 5.41) is 0.929. The minimum absolute atomic E-state index is 0.578. The van der Waals surface area contributed by atoms with E-state index in [9.17, 15) is 4.79 Å². The number of carbonyl (C=O) groups excluding carboxylic acids is 1. The molecule has 0 saturated carbocycles. The van der Waals surface area contributed by atoms with Gasteiger partial charge in [0.05, 0.1) is 0 Å². The lowest BCUT2D eigenvalue weighted by Gasteiger charge is -2.19. The monoisotopic (exact) mass is 353 g/mol. The Morgan fingerprint density at radius 1 is 1.23 bits per heavy atom. The maximum Gasteiger partial charge on any atom is 0.159 e. The summed E-state index contributed by atoms with van der Waals surface area (Å²) in [7, 11) is 0. The maximum absolute atomic E-state index is 10.9. The van der Waals surface area contributed by atoms with Gasteiger partial charge in [0, 0.05) is 40.0 Å². The van der Waals surface area contributed by atoms with Crippen LogP contribution in [0.2, 0.25) is 0 Å². The Kier molecular flexibility index (Phi) is 3.15. The summed E-state index contributed by atoms with van der Waals surface area (Å²) in [4.78, 5) is 22.1. The molecule has 5 heteroatoms. The van der Waals surface area contributed by atoms with Gasteiger partial charge in [0.1, 0.15) is 5.52 Å². The maximum atomic E-state index is 10.9. The number of rotatable bonds is 2. The molecule has 3 heterocycles. The standard InChI is InChI=1S/C17H12BrN3O/c18-14-2-1-3-15-13(14)5-7-21(15)17-16-12(4-6-19-17)8-11(10-22)9-20-16/h1-4,6,8-10H,5,7H2. The van der Waals surface area contributed by atoms with Crippen LogP contribution in [0.15, 0.2) is 47.2 Å². The Morgan fingerprint density at radius 3 is 3.00 bits per heavy atom. The number of nitrogens with zero attached hydrogens (tertiary/aromatic N) is 3. The van der Waals surface area contributed by atoms with Crippen molar-refractivity contribution < 1.29 is 4.79 Å². The van der Waals surface area contributed by atoms with Gasteiger partial charge in [0.2, 0.25) is 0 Å². The van der Waals surface area contributed by atoms with E-state index < -0.39 is 0 Å². The van der Waals surface area contributed by atoms with Crippen LogP contribution in [-0.4, -0.2) is 22.8 Å². The molecule has 4 nitrogen and oxygen atoms in total. The van der Waals surface area contributed by atoms with Gasteiger partial charge in [-0.1, -0.05) is 22.0 Å². The molecule has 0 N–H and O–H groups in total. The first-order chi connectivity index (χ1) is 10.8. The van der Waals surface area contributed by atoms with E-state index in [-0.39, 0.29) is 0 Å². The number of pyridine rings is 2. The summed E-state index contributed by atoms with van der Waals surface area (Å²) in [6.07, 6.45) is 5.15. The summed E-state index contributed by atoms with van der Waals surface area (Å²) in [5.74, 6) is 0.840. The van der Waals surface area contributed by atoms with Crippen LogP contribution in [0.3, 0.4) is 0 Å². The number of anilines is 2. The lowest BCUT2D eigenvalue weighted by atomic mass is 10.1. The molecule has 0 amide bonds. The van der Waals surface area contributed by atoms with Crippen LogP contribution in [0.5, 0.6) is 0 Å². The zero-order valence-electron chi connectivity index (χ0n) is 11.7. The van der Waals surface area contributed by atoms with Gasteiger partial charge >= 0.3 is 0 Å². The topological polar surface area (TPSA) is 46.1 Å². The van der Waals surface area contributed by atoms with Gasteiger partial charge in [-0.05, 0) is 36.2 Å². The van der Waals surface area contributed by atoms with Crippen molar-refractivity contribution in [2.75, 3.05) is 11.4 Å². The van der Waals surface area contributed by atoms with E-state index in [0.717, 1.165) is 46.1 Å². The highest BCUT2D eigenvalue weighted by Gasteiger charge is 2.24. The van der Waals surface area contributed by atoms with Crippen LogP contribution in [0.25, 0.3) is 10.9 Å². The van der Waals surface area contributed by atoms with Crippen molar-refractivity contribution in [3.05, 3.63) is 58.3 Å². The molecule has 0 radical (unpaired) electrons. The third kappa shape index (κ3) is 2.01. The first-order valence-electron chi connectivity index (χ1n) is 7.03. The van der Waals surface area contributed by atoms with Gasteiger partial charge in [-0.3, -0.25) is 9.78 Å². The number of aromatic nitrogens is 2. The van der Waals surface area contributed by atoms with Crippen LogP contribution in [0, 0.1) is 0 Å². The summed E-state index contributed by atoms with van der Waals surface area (Å²) in [6, 6.07) is 9.93. The molecule has 22 heavy (non-hydrogen) atoms. The highest BCUT2D eigenvalue weighted by Crippen LogP contribution is 2.39. The first-order valence-corrected chi connectivity index (χ1v) is 7.82. The minimum Gasteiger partial charge on any atom is -0.324 e. The van der Waals surface area contributed by atoms with Gasteiger partial charge in [-0.2, -0.15) is 0 Å². The molecular weight excluding hydrogens is 342 g/mol. The van der Waals surface area contributed by atoms with Crippen LogP contribution in [0.4, 0.5) is 11.5 Å². The largest absolute Gasteiger partial charge is 0.324 e. The normalized spacial score (nSPS) is 13.4. The van der Waals surface area contributed by atoms with Crippen LogP contribution >= 0.6 is 15.9 Å². The van der Waals surface area contributed by atoms with E-state index in [2.05, 4.69) is 42.9 Å². The first kappa shape index (κ1) is 13.4. The second kappa shape index (κ2) is 5.18. The average molecular weight is 354 g/mol. The van der Waals surface area contributed by atoms with E-state index in [0.29, 0.717) is 5.56 Å². The van der Waals surface area contributed by atoms with Gasteiger partial charge < -0.3 is 4.90 Å². The number of aldehydes is 1. The molecule has 4 rings (SSSR count). The van der Waals surface area contributed by atoms with Crippen molar-refractivity contribution in [1.29, 1.82) is 0 Å². The SMILES string of the molecule is O=Cc1cnc2c(N3CCc4c(Br)cccc43)nccc2c1. The Bertz CT molecular complexity index is 894. The molecule has 0 fully saturated rings. The Balaban J connectivity index is 1.90. The molecule has 0 bridgehead atoms. The molecule has 0 saturated heterocycles. The fourth-order valence-corrected chi connectivity index (χ4v) is 3.49. The molecule has 108 valence electrons. The highest BCUT2D eigenvalue weighted by molar-refractivity contribution is 9.10. The number of hydrogen-bond acceptors (Lipinski definition) is 4. The zero-order chi connectivity index (χ0) is 15.1. The molecule has 0 atom stereocenters. The number of hydrogen-bond donors (Lipinski definition) is 0. The Morgan fingerprint density at radius 2 is 2.14 bits per heavy atom. The van der Waals surface area contributed by atoms with E-state index >= 15 is 0 Å². The number of carbonyl (C=O) groups is 1. The van der Waals surface area contributed by atoms with Crippen molar-refractivity contribution in [3.8, 4) is 0 Å². The number of fused-ring (bicyclic) bond motifs is 2. The molecule has 1 aliphatic heterocycles. The van der Waals surface area contributed by atoms with Crippen LogP contribution in [0.1, 0.15) is 15.9 Å². The van der Waals surface area contributed by atoms with Crippen LogP contribution < -0.4 is 4.90 Å². The third-order valence-electron chi connectivity index (χ3n) is 3.96. The smallest absolute Gasteiger partial charge is 0.159 e. The van der Waals surface area contributed by atoms with Crippen molar-refractivity contribution in [2.45, 2.75) is 6.42 Å². The molecule has 0 spiro atoms. The lowest BCUT2D eigenvalue weighted by molar-refractivity contribution is 0.112. The van der Waals surface area contributed by atoms with Gasteiger partial charge in [-0.15, -0.1) is 0 Å². The van der Waals surface area contributed by atoms with E-state index in [1.807, 2.05) is 18.2 Å². The van der Waals surface area contributed by atoms with Crippen LogP contribution in [-0.2, 0) is 6.42 Å². The fourth-order valence-electron chi connectivity index (χ4n) is 2.94. The highest BCUT2D eigenvalue weighted by atomic mass is 79.9. The molecule has 2 aromatic heterocycles. The van der Waals surface area contributed by atoms with E-state index in [1.165, 1.54) is 5.56 Å². The molecule has 1 aliphatic rings. The lowest BCUT2D eigenvalue weighted by Crippen LogP contribution is -2.15. The summed E-state index contributed by atoms with van der Waals surface area (Å²) >= 11 is 3.61. The van der Waals surface area contributed by atoms with Gasteiger partial charge in [-0.25, -0.2) is 4.98 Å². The second-order valence-electron chi connectivity index (χ2n) is 5.23. The molecular formula is C17H12BrN3O. The summed E-state index contributed by atoms with van der Waals surface area (Å²) < 4.78 is 1.13. The van der Waals surface area contributed by atoms with Gasteiger partial charge in [0.15, 0.2) is 12.1 Å². The summed E-state index contributed by atoms with van der Waals surface area (Å²) in [5.41, 5.74) is 3.86. The predicted octanol–water partition coefficient (Wildman–Crippen LogP) is 3.90. The number of benzene rings is 1. The van der Waals surface area contributed by atoms with E-state index in [4.69, 9.17) is 0 Å².